The summed E-state index contributed by atoms with van der Waals surface area (Å²) < 4.78 is 42.6. The molecule has 112 valence electrons. The highest BCUT2D eigenvalue weighted by atomic mass is 19.4. The van der Waals surface area contributed by atoms with Crippen LogP contribution in [-0.4, -0.2) is 11.7 Å². The van der Waals surface area contributed by atoms with Gasteiger partial charge < -0.3 is 15.6 Å². The molecule has 0 radical (unpaired) electrons. The molecular formula is C15H14F3NO2. The molecule has 21 heavy (non-hydrogen) atoms. The third kappa shape index (κ3) is 4.13. The van der Waals surface area contributed by atoms with E-state index < -0.39 is 17.8 Å². The maximum Gasteiger partial charge on any atom is 0.416 e. The van der Waals surface area contributed by atoms with E-state index in [1.807, 2.05) is 0 Å². The smallest absolute Gasteiger partial charge is 0.416 e. The summed E-state index contributed by atoms with van der Waals surface area (Å²) >= 11 is 0. The molecule has 0 saturated carbocycles. The minimum Gasteiger partial charge on any atom is -0.508 e. The molecule has 1 unspecified atom stereocenters. The highest BCUT2D eigenvalue weighted by molar-refractivity contribution is 5.30. The van der Waals surface area contributed by atoms with Crippen molar-refractivity contribution in [3.8, 4) is 11.5 Å². The van der Waals surface area contributed by atoms with Gasteiger partial charge >= 0.3 is 6.18 Å². The van der Waals surface area contributed by atoms with Gasteiger partial charge in [0.25, 0.3) is 0 Å². The van der Waals surface area contributed by atoms with Crippen LogP contribution in [0.15, 0.2) is 48.5 Å². The lowest BCUT2D eigenvalue weighted by Gasteiger charge is -2.14. The van der Waals surface area contributed by atoms with Gasteiger partial charge in [-0.15, -0.1) is 0 Å². The number of hydrogen-bond acceptors (Lipinski definition) is 3. The number of hydrogen-bond donors (Lipinski definition) is 2. The number of rotatable bonds is 4. The predicted molar refractivity (Wildman–Crippen MR) is 72.0 cm³/mol. The van der Waals surface area contributed by atoms with E-state index in [1.54, 1.807) is 12.1 Å². The molecule has 0 aliphatic carbocycles. The molecule has 6 heteroatoms. The summed E-state index contributed by atoms with van der Waals surface area (Å²) in [7, 11) is 0. The molecule has 0 amide bonds. The van der Waals surface area contributed by atoms with Crippen LogP contribution in [0.4, 0.5) is 13.2 Å². The fraction of sp³-hybridized carbons (Fsp3) is 0.200. The van der Waals surface area contributed by atoms with Crippen molar-refractivity contribution in [2.75, 3.05) is 6.61 Å². The van der Waals surface area contributed by atoms with Gasteiger partial charge in [-0.1, -0.05) is 12.1 Å². The number of nitrogens with two attached hydrogens (primary N) is 1. The lowest BCUT2D eigenvalue weighted by molar-refractivity contribution is -0.137. The van der Waals surface area contributed by atoms with Gasteiger partial charge in [0, 0.05) is 0 Å². The van der Waals surface area contributed by atoms with Crippen LogP contribution in [0, 0.1) is 0 Å². The number of halogens is 3. The molecule has 0 aliphatic rings. The summed E-state index contributed by atoms with van der Waals surface area (Å²) in [5, 5.41) is 9.17. The Labute approximate surface area is 119 Å². The highest BCUT2D eigenvalue weighted by Gasteiger charge is 2.30. The SMILES string of the molecule is NC(COc1ccc(C(F)(F)F)cc1)c1ccc(O)cc1. The van der Waals surface area contributed by atoms with Crippen molar-refractivity contribution in [1.82, 2.24) is 0 Å². The zero-order valence-corrected chi connectivity index (χ0v) is 11.0. The second-order valence-electron chi connectivity index (χ2n) is 4.53. The third-order valence-corrected chi connectivity index (χ3v) is 2.93. The molecule has 0 fully saturated rings. The Balaban J connectivity index is 1.95. The molecule has 3 N–H and O–H groups in total. The predicted octanol–water partition coefficient (Wildman–Crippen LogP) is 3.49. The maximum atomic E-state index is 12.4. The first-order chi connectivity index (χ1) is 9.86. The summed E-state index contributed by atoms with van der Waals surface area (Å²) in [4.78, 5) is 0. The molecule has 0 aliphatic heterocycles. The molecule has 2 aromatic rings. The van der Waals surface area contributed by atoms with E-state index in [4.69, 9.17) is 10.5 Å². The van der Waals surface area contributed by atoms with Crippen molar-refractivity contribution >= 4 is 0 Å². The lowest BCUT2D eigenvalue weighted by atomic mass is 10.1. The van der Waals surface area contributed by atoms with Crippen LogP contribution in [0.1, 0.15) is 17.2 Å². The van der Waals surface area contributed by atoms with Crippen molar-refractivity contribution in [3.05, 3.63) is 59.7 Å². The summed E-state index contributed by atoms with van der Waals surface area (Å²) in [5.41, 5.74) is 5.94. The Morgan fingerprint density at radius 3 is 2.10 bits per heavy atom. The van der Waals surface area contributed by atoms with Gasteiger partial charge in [-0.05, 0) is 42.0 Å². The van der Waals surface area contributed by atoms with Crippen LogP contribution in [-0.2, 0) is 6.18 Å². The molecule has 2 rings (SSSR count). The van der Waals surface area contributed by atoms with Crippen molar-refractivity contribution < 1.29 is 23.0 Å². The van der Waals surface area contributed by atoms with Gasteiger partial charge in [0.15, 0.2) is 0 Å². The van der Waals surface area contributed by atoms with Crippen LogP contribution >= 0.6 is 0 Å². The molecule has 0 bridgehead atoms. The van der Waals surface area contributed by atoms with E-state index in [9.17, 15) is 18.3 Å². The van der Waals surface area contributed by atoms with Crippen molar-refractivity contribution in [1.29, 1.82) is 0 Å². The van der Waals surface area contributed by atoms with Crippen LogP contribution in [0.5, 0.6) is 11.5 Å². The van der Waals surface area contributed by atoms with Gasteiger partial charge in [0.05, 0.1) is 11.6 Å². The molecule has 1 atom stereocenters. The van der Waals surface area contributed by atoms with E-state index in [0.717, 1.165) is 17.7 Å². The molecule has 0 aromatic heterocycles. The number of phenolic OH excluding ortho intramolecular Hbond substituents is 1. The zero-order chi connectivity index (χ0) is 15.5. The Bertz CT molecular complexity index is 579. The highest BCUT2D eigenvalue weighted by Crippen LogP contribution is 2.30. The fourth-order valence-electron chi connectivity index (χ4n) is 1.74. The minimum absolute atomic E-state index is 0.121. The Hall–Kier alpha value is -2.21. The molecule has 3 nitrogen and oxygen atoms in total. The van der Waals surface area contributed by atoms with Gasteiger partial charge in [-0.25, -0.2) is 0 Å². The number of aromatic hydroxyl groups is 1. The van der Waals surface area contributed by atoms with Gasteiger partial charge in [0.2, 0.25) is 0 Å². The van der Waals surface area contributed by atoms with Gasteiger partial charge in [0.1, 0.15) is 18.1 Å². The monoisotopic (exact) mass is 297 g/mol. The first kappa shape index (κ1) is 15.2. The Morgan fingerprint density at radius 1 is 1.00 bits per heavy atom. The van der Waals surface area contributed by atoms with E-state index in [-0.39, 0.29) is 12.4 Å². The van der Waals surface area contributed by atoms with Crippen LogP contribution in [0.3, 0.4) is 0 Å². The first-order valence-corrected chi connectivity index (χ1v) is 6.21. The van der Waals surface area contributed by atoms with Crippen molar-refractivity contribution in [2.45, 2.75) is 12.2 Å². The van der Waals surface area contributed by atoms with Crippen molar-refractivity contribution in [3.63, 3.8) is 0 Å². The number of ether oxygens (including phenoxy) is 1. The number of phenols is 1. The summed E-state index contributed by atoms with van der Waals surface area (Å²) in [6, 6.07) is 10.3. The normalized spacial score (nSPS) is 13.0. The minimum atomic E-state index is -4.36. The van der Waals surface area contributed by atoms with E-state index in [1.165, 1.54) is 24.3 Å². The van der Waals surface area contributed by atoms with Crippen LogP contribution in [0.2, 0.25) is 0 Å². The van der Waals surface area contributed by atoms with Crippen molar-refractivity contribution in [2.24, 2.45) is 5.73 Å². The molecule has 0 spiro atoms. The second-order valence-corrected chi connectivity index (χ2v) is 4.53. The van der Waals surface area contributed by atoms with Crippen LogP contribution < -0.4 is 10.5 Å². The molecule has 0 heterocycles. The fourth-order valence-corrected chi connectivity index (χ4v) is 1.74. The quantitative estimate of drug-likeness (QED) is 0.908. The largest absolute Gasteiger partial charge is 0.508 e. The Morgan fingerprint density at radius 2 is 1.57 bits per heavy atom. The van der Waals surface area contributed by atoms with Gasteiger partial charge in [-0.2, -0.15) is 13.2 Å². The first-order valence-electron chi connectivity index (χ1n) is 6.21. The lowest BCUT2D eigenvalue weighted by Crippen LogP contribution is -2.18. The third-order valence-electron chi connectivity index (χ3n) is 2.93. The topological polar surface area (TPSA) is 55.5 Å². The average molecular weight is 297 g/mol. The summed E-state index contributed by atoms with van der Waals surface area (Å²) in [6.07, 6.45) is -4.36. The average Bonchev–Trinajstić information content (AvgIpc) is 2.45. The molecule has 0 saturated heterocycles. The molecular weight excluding hydrogens is 283 g/mol. The number of alkyl halides is 3. The van der Waals surface area contributed by atoms with E-state index >= 15 is 0 Å². The number of benzene rings is 2. The van der Waals surface area contributed by atoms with Crippen LogP contribution in [0.25, 0.3) is 0 Å². The molecule has 2 aromatic carbocycles. The summed E-state index contributed by atoms with van der Waals surface area (Å²) in [6.45, 7) is 0.121. The van der Waals surface area contributed by atoms with Gasteiger partial charge in [-0.3, -0.25) is 0 Å². The summed E-state index contributed by atoms with van der Waals surface area (Å²) in [5.74, 6) is 0.451. The second kappa shape index (κ2) is 6.05. The zero-order valence-electron chi connectivity index (χ0n) is 11.0. The van der Waals surface area contributed by atoms with E-state index in [2.05, 4.69) is 0 Å². The van der Waals surface area contributed by atoms with E-state index in [0.29, 0.717) is 5.75 Å². The standard InChI is InChI=1S/C15H14F3NO2/c16-15(17,18)11-3-7-13(8-4-11)21-9-14(19)10-1-5-12(20)6-2-10/h1-8,14,20H,9,19H2. The maximum absolute atomic E-state index is 12.4. The Kier molecular flexibility index (Phi) is 4.37.